The largest absolute Gasteiger partial charge is 0.391 e. The molecule has 3 unspecified atom stereocenters. The lowest BCUT2D eigenvalue weighted by atomic mass is 10.0. The molecule has 0 aromatic rings. The third kappa shape index (κ3) is 37.6. The predicted octanol–water partition coefficient (Wildman–Crippen LogP) is 12.6. The lowest BCUT2D eigenvalue weighted by Gasteiger charge is -2.24. The van der Waals surface area contributed by atoms with Crippen molar-refractivity contribution in [1.82, 2.24) is 5.32 Å². The molecular weight excluding hydrogens is 671 g/mol. The van der Waals surface area contributed by atoms with E-state index in [1.165, 1.54) is 180 Å². The summed E-state index contributed by atoms with van der Waals surface area (Å²) in [5.41, 5.74) is 0. The van der Waals surface area contributed by atoms with Gasteiger partial charge in [-0.2, -0.15) is 8.42 Å². The second-order valence-corrected chi connectivity index (χ2v) is 17.7. The van der Waals surface area contributed by atoms with Gasteiger partial charge in [0.05, 0.1) is 17.9 Å². The van der Waals surface area contributed by atoms with E-state index in [0.29, 0.717) is 12.8 Å². The normalized spacial score (nSPS) is 13.7. The zero-order valence-electron chi connectivity index (χ0n) is 34.6. The minimum Gasteiger partial charge on any atom is -0.391 e. The van der Waals surface area contributed by atoms with E-state index >= 15 is 0 Å². The summed E-state index contributed by atoms with van der Waals surface area (Å²) in [6.45, 7) is 4.53. The van der Waals surface area contributed by atoms with E-state index in [2.05, 4.69) is 19.2 Å². The van der Waals surface area contributed by atoms with Gasteiger partial charge in [-0.3, -0.25) is 9.35 Å². The van der Waals surface area contributed by atoms with Crippen LogP contribution in [0.15, 0.2) is 0 Å². The lowest BCUT2D eigenvalue weighted by Crippen LogP contribution is -2.50. The second kappa shape index (κ2) is 38.6. The Bertz CT molecular complexity index is 854. The molecule has 0 spiro atoms. The maximum absolute atomic E-state index is 12.6. The van der Waals surface area contributed by atoms with Crippen molar-refractivity contribution in [2.24, 2.45) is 0 Å². The van der Waals surface area contributed by atoms with Gasteiger partial charge in [0.25, 0.3) is 10.1 Å². The minimum atomic E-state index is -4.40. The van der Waals surface area contributed by atoms with E-state index in [-0.39, 0.29) is 0 Å². The van der Waals surface area contributed by atoms with Crippen LogP contribution < -0.4 is 5.32 Å². The van der Waals surface area contributed by atoms with Crippen molar-refractivity contribution in [3.05, 3.63) is 0 Å². The molecule has 7 nitrogen and oxygen atoms in total. The summed E-state index contributed by atoms with van der Waals surface area (Å²) in [4.78, 5) is 12.6. The highest BCUT2D eigenvalue weighted by atomic mass is 32.2. The quantitative estimate of drug-likeness (QED) is 0.0363. The first-order chi connectivity index (χ1) is 25.2. The van der Waals surface area contributed by atoms with E-state index in [9.17, 15) is 28.0 Å². The maximum atomic E-state index is 12.6. The highest BCUT2D eigenvalue weighted by Gasteiger charge is 2.28. The number of hydrogen-bond donors (Lipinski definition) is 4. The Morgan fingerprint density at radius 3 is 0.962 bits per heavy atom. The molecule has 4 N–H and O–H groups in total. The molecule has 0 aliphatic carbocycles. The van der Waals surface area contributed by atoms with Crippen LogP contribution in [-0.2, 0) is 14.9 Å². The van der Waals surface area contributed by atoms with Gasteiger partial charge in [-0.1, -0.05) is 239 Å². The summed E-state index contributed by atoms with van der Waals surface area (Å²) in [7, 11) is -4.40. The summed E-state index contributed by atoms with van der Waals surface area (Å²) < 4.78 is 32.7. The fraction of sp³-hybridized carbons (Fsp3) is 0.977. The van der Waals surface area contributed by atoms with Gasteiger partial charge in [-0.25, -0.2) is 0 Å². The van der Waals surface area contributed by atoms with Crippen molar-refractivity contribution >= 4 is 16.0 Å². The molecule has 3 atom stereocenters. The average Bonchev–Trinajstić information content (AvgIpc) is 3.11. The smallest absolute Gasteiger partial charge is 0.266 e. The zero-order valence-corrected chi connectivity index (χ0v) is 35.4. The van der Waals surface area contributed by atoms with Crippen molar-refractivity contribution < 1.29 is 28.0 Å². The molecule has 52 heavy (non-hydrogen) atoms. The Balaban J connectivity index is 3.88. The number of amides is 1. The van der Waals surface area contributed by atoms with Crippen LogP contribution in [0.2, 0.25) is 0 Å². The van der Waals surface area contributed by atoms with Gasteiger partial charge in [0, 0.05) is 0 Å². The van der Waals surface area contributed by atoms with E-state index < -0.39 is 40.0 Å². The number of aliphatic hydroxyl groups excluding tert-OH is 2. The predicted molar refractivity (Wildman–Crippen MR) is 223 cm³/mol. The molecule has 1 amide bonds. The SMILES string of the molecule is CCCCCCCCCCCCCCCCCCCCCC(O)C(CS(=O)(=O)O)NC(=O)C(O)CCCCCCCCCCCCCCCCCC. The van der Waals surface area contributed by atoms with Gasteiger partial charge in [-0.15, -0.1) is 0 Å². The van der Waals surface area contributed by atoms with Crippen LogP contribution in [0, 0.1) is 0 Å². The molecule has 0 saturated carbocycles. The van der Waals surface area contributed by atoms with Crippen molar-refractivity contribution in [1.29, 1.82) is 0 Å². The van der Waals surface area contributed by atoms with Crippen LogP contribution in [0.5, 0.6) is 0 Å². The number of carbonyl (C=O) groups excluding carboxylic acids is 1. The van der Waals surface area contributed by atoms with Crippen molar-refractivity contribution in [2.45, 2.75) is 270 Å². The number of unbranched alkanes of at least 4 members (excludes halogenated alkanes) is 33. The van der Waals surface area contributed by atoms with E-state index in [1.807, 2.05) is 0 Å². The van der Waals surface area contributed by atoms with Crippen LogP contribution in [0.3, 0.4) is 0 Å². The Kier molecular flexibility index (Phi) is 38.1. The van der Waals surface area contributed by atoms with Crippen molar-refractivity contribution in [3.8, 4) is 0 Å². The molecule has 0 bridgehead atoms. The number of hydrogen-bond acceptors (Lipinski definition) is 5. The standard InChI is InChI=1S/C44H89NO6S/c1-3-5-7-9-11-13-15-17-19-21-22-23-25-26-28-30-32-34-36-38-42(46)41(40-52(49,50)51)45-44(48)43(47)39-37-35-33-31-29-27-24-20-18-16-14-12-10-8-6-4-2/h41-43,46-47H,3-40H2,1-2H3,(H,45,48)(H,49,50,51). The third-order valence-corrected chi connectivity index (χ3v) is 11.7. The first-order valence-electron chi connectivity index (χ1n) is 22.8. The lowest BCUT2D eigenvalue weighted by molar-refractivity contribution is -0.131. The first-order valence-corrected chi connectivity index (χ1v) is 24.4. The first kappa shape index (κ1) is 51.3. The molecule has 0 aliphatic rings. The number of aliphatic hydroxyl groups is 2. The van der Waals surface area contributed by atoms with Crippen LogP contribution >= 0.6 is 0 Å². The minimum absolute atomic E-state index is 0.304. The fourth-order valence-corrected chi connectivity index (χ4v) is 8.16. The van der Waals surface area contributed by atoms with Crippen molar-refractivity contribution in [2.75, 3.05) is 5.75 Å². The second-order valence-electron chi connectivity index (χ2n) is 16.2. The molecule has 0 aromatic carbocycles. The number of nitrogens with one attached hydrogen (secondary N) is 1. The summed E-state index contributed by atoms with van der Waals surface area (Å²) in [6, 6.07) is -1.14. The number of rotatable bonds is 42. The van der Waals surface area contributed by atoms with Crippen molar-refractivity contribution in [3.63, 3.8) is 0 Å². The fourth-order valence-electron chi connectivity index (χ4n) is 7.40. The van der Waals surface area contributed by atoms with Gasteiger partial charge < -0.3 is 15.5 Å². The highest BCUT2D eigenvalue weighted by molar-refractivity contribution is 7.85. The molecule has 312 valence electrons. The monoisotopic (exact) mass is 760 g/mol. The molecule has 0 rings (SSSR count). The summed E-state index contributed by atoms with van der Waals surface area (Å²) >= 11 is 0. The van der Waals surface area contributed by atoms with Crippen LogP contribution in [0.25, 0.3) is 0 Å². The van der Waals surface area contributed by atoms with E-state index in [0.717, 1.165) is 44.9 Å². The van der Waals surface area contributed by atoms with Crippen LogP contribution in [0.4, 0.5) is 0 Å². The average molecular weight is 760 g/mol. The Morgan fingerprint density at radius 1 is 0.442 bits per heavy atom. The Hall–Kier alpha value is -0.700. The summed E-state index contributed by atoms with van der Waals surface area (Å²) in [5.74, 6) is -1.44. The highest BCUT2D eigenvalue weighted by Crippen LogP contribution is 2.17. The Labute approximate surface area is 323 Å². The van der Waals surface area contributed by atoms with Gasteiger partial charge >= 0.3 is 0 Å². The van der Waals surface area contributed by atoms with Crippen LogP contribution in [-0.4, -0.2) is 53.1 Å². The molecule has 0 aromatic heterocycles. The summed E-state index contributed by atoms with van der Waals surface area (Å²) in [6.07, 6.45) is 42.6. The third-order valence-electron chi connectivity index (χ3n) is 10.9. The Morgan fingerprint density at radius 2 is 0.692 bits per heavy atom. The molecular formula is C44H89NO6S. The van der Waals surface area contributed by atoms with Gasteiger partial charge in [0.2, 0.25) is 5.91 Å². The van der Waals surface area contributed by atoms with Gasteiger partial charge in [0.1, 0.15) is 6.10 Å². The van der Waals surface area contributed by atoms with Gasteiger partial charge in [0.15, 0.2) is 0 Å². The summed E-state index contributed by atoms with van der Waals surface area (Å²) in [5, 5.41) is 23.6. The molecule has 0 heterocycles. The zero-order chi connectivity index (χ0) is 38.4. The number of carbonyl (C=O) groups is 1. The molecule has 0 fully saturated rings. The molecule has 0 aliphatic heterocycles. The topological polar surface area (TPSA) is 124 Å². The molecule has 0 radical (unpaired) electrons. The maximum Gasteiger partial charge on any atom is 0.266 e. The van der Waals surface area contributed by atoms with Crippen LogP contribution in [0.1, 0.15) is 251 Å². The van der Waals surface area contributed by atoms with Gasteiger partial charge in [-0.05, 0) is 12.8 Å². The molecule has 0 saturated heterocycles. The van der Waals surface area contributed by atoms with E-state index in [4.69, 9.17) is 0 Å². The van der Waals surface area contributed by atoms with E-state index in [1.54, 1.807) is 0 Å². The molecule has 8 heteroatoms.